The van der Waals surface area contributed by atoms with Gasteiger partial charge >= 0.3 is 0 Å². The number of hydrogen-bond donors (Lipinski definition) is 2. The molecule has 4 rings (SSSR count). The first-order chi connectivity index (χ1) is 15.1. The second kappa shape index (κ2) is 12.0. The predicted octanol–water partition coefficient (Wildman–Crippen LogP) is 5.36. The molecule has 1 aliphatic heterocycles. The second-order valence-electron chi connectivity index (χ2n) is 8.12. The van der Waals surface area contributed by atoms with Gasteiger partial charge in [0.05, 0.1) is 17.0 Å². The molecule has 1 aromatic carbocycles. The number of nitrogens with zero attached hydrogens (tertiary/aromatic N) is 3. The van der Waals surface area contributed by atoms with Crippen LogP contribution < -0.4 is 10.2 Å². The lowest BCUT2D eigenvalue weighted by Gasteiger charge is -2.30. The van der Waals surface area contributed by atoms with Crippen molar-refractivity contribution in [3.8, 4) is 0 Å². The Kier molecular flexibility index (Phi) is 9.04. The summed E-state index contributed by atoms with van der Waals surface area (Å²) in [7, 11) is 0. The van der Waals surface area contributed by atoms with Gasteiger partial charge < -0.3 is 10.2 Å². The van der Waals surface area contributed by atoms with Crippen molar-refractivity contribution in [2.24, 2.45) is 0 Å². The van der Waals surface area contributed by atoms with Crippen LogP contribution in [0.4, 0.5) is 5.82 Å². The van der Waals surface area contributed by atoms with Crippen LogP contribution in [0.5, 0.6) is 0 Å². The highest BCUT2D eigenvalue weighted by molar-refractivity contribution is 6.30. The van der Waals surface area contributed by atoms with E-state index in [4.69, 9.17) is 17.0 Å². The molecule has 0 bridgehead atoms. The SMILES string of the molecule is CCCc1cccc(Cl)c1.Cc1ncnc(N2CCNCC2)c1C(=N)C1=CCCCC1. The van der Waals surface area contributed by atoms with Gasteiger partial charge in [0.15, 0.2) is 0 Å². The fourth-order valence-corrected chi connectivity index (χ4v) is 4.29. The zero-order chi connectivity index (χ0) is 22.1. The highest BCUT2D eigenvalue weighted by Crippen LogP contribution is 2.27. The molecule has 1 saturated heterocycles. The maximum absolute atomic E-state index is 8.63. The quantitative estimate of drug-likeness (QED) is 0.616. The van der Waals surface area contributed by atoms with Crippen molar-refractivity contribution in [2.45, 2.75) is 52.4 Å². The average Bonchev–Trinajstić information content (AvgIpc) is 2.80. The van der Waals surface area contributed by atoms with E-state index in [-0.39, 0.29) is 0 Å². The van der Waals surface area contributed by atoms with Crippen molar-refractivity contribution in [3.63, 3.8) is 0 Å². The average molecular weight is 440 g/mol. The Balaban J connectivity index is 0.000000229. The molecule has 31 heavy (non-hydrogen) atoms. The van der Waals surface area contributed by atoms with Gasteiger partial charge in [0.2, 0.25) is 0 Å². The number of aromatic nitrogens is 2. The van der Waals surface area contributed by atoms with Crippen molar-refractivity contribution in [3.05, 3.63) is 64.1 Å². The van der Waals surface area contributed by atoms with Crippen molar-refractivity contribution in [2.75, 3.05) is 31.1 Å². The number of allylic oxidation sites excluding steroid dienone is 2. The van der Waals surface area contributed by atoms with E-state index in [1.165, 1.54) is 24.8 Å². The third kappa shape index (κ3) is 6.62. The molecule has 0 radical (unpaired) electrons. The molecule has 0 saturated carbocycles. The highest BCUT2D eigenvalue weighted by Gasteiger charge is 2.22. The molecule has 2 aliphatic rings. The molecule has 2 N–H and O–H groups in total. The van der Waals surface area contributed by atoms with E-state index in [9.17, 15) is 0 Å². The summed E-state index contributed by atoms with van der Waals surface area (Å²) in [5.74, 6) is 0.931. The van der Waals surface area contributed by atoms with Crippen LogP contribution in [0.15, 0.2) is 42.2 Å². The maximum Gasteiger partial charge on any atom is 0.141 e. The van der Waals surface area contributed by atoms with E-state index < -0.39 is 0 Å². The summed E-state index contributed by atoms with van der Waals surface area (Å²) in [6.45, 7) is 7.98. The van der Waals surface area contributed by atoms with Crippen LogP contribution in [-0.4, -0.2) is 41.9 Å². The highest BCUT2D eigenvalue weighted by atomic mass is 35.5. The maximum atomic E-state index is 8.63. The van der Waals surface area contributed by atoms with Crippen LogP contribution in [0.25, 0.3) is 0 Å². The minimum absolute atomic E-state index is 0.626. The molecule has 0 unspecified atom stereocenters. The number of benzene rings is 1. The second-order valence-corrected chi connectivity index (χ2v) is 8.56. The van der Waals surface area contributed by atoms with Gasteiger partial charge in [-0.2, -0.15) is 0 Å². The van der Waals surface area contributed by atoms with Gasteiger partial charge in [-0.15, -0.1) is 0 Å². The Bertz CT molecular complexity index is 903. The predicted molar refractivity (Wildman–Crippen MR) is 131 cm³/mol. The number of rotatable bonds is 5. The Morgan fingerprint density at radius 3 is 2.68 bits per heavy atom. The first-order valence-corrected chi connectivity index (χ1v) is 11.8. The molecule has 1 aromatic heterocycles. The number of anilines is 1. The smallest absolute Gasteiger partial charge is 0.141 e. The number of halogens is 1. The van der Waals surface area contributed by atoms with Crippen LogP contribution in [-0.2, 0) is 6.42 Å². The van der Waals surface area contributed by atoms with Crippen LogP contribution in [0, 0.1) is 12.3 Å². The van der Waals surface area contributed by atoms with Gasteiger partial charge in [-0.25, -0.2) is 9.97 Å². The van der Waals surface area contributed by atoms with E-state index in [0.717, 1.165) is 73.1 Å². The van der Waals surface area contributed by atoms with E-state index >= 15 is 0 Å². The summed E-state index contributed by atoms with van der Waals surface area (Å²) in [5.41, 5.74) is 4.95. The molecule has 0 spiro atoms. The molecule has 2 heterocycles. The fraction of sp³-hybridized carbons (Fsp3) is 0.480. The molecule has 2 aromatic rings. The molecule has 0 amide bonds. The van der Waals surface area contributed by atoms with Gasteiger partial charge in [-0.1, -0.05) is 43.2 Å². The number of hydrogen-bond acceptors (Lipinski definition) is 5. The molecular weight excluding hydrogens is 406 g/mol. The largest absolute Gasteiger partial charge is 0.353 e. The van der Waals surface area contributed by atoms with Crippen LogP contribution in [0.1, 0.15) is 55.8 Å². The van der Waals surface area contributed by atoms with Crippen molar-refractivity contribution in [1.29, 1.82) is 5.41 Å². The molecule has 1 fully saturated rings. The Morgan fingerprint density at radius 1 is 1.19 bits per heavy atom. The third-order valence-electron chi connectivity index (χ3n) is 5.72. The van der Waals surface area contributed by atoms with E-state index in [1.807, 2.05) is 25.1 Å². The fourth-order valence-electron chi connectivity index (χ4n) is 4.08. The standard InChI is InChI=1S/C16H23N5.C9H11Cl/c1-12-14(15(17)13-5-3-2-4-6-13)16(20-11-19-12)21-9-7-18-8-10-21;1-2-4-8-5-3-6-9(10)7-8/h5,11,17-18H,2-4,6-10H2,1H3;3,5-7H,2,4H2,1H3. The zero-order valence-electron chi connectivity index (χ0n) is 18.8. The van der Waals surface area contributed by atoms with Gasteiger partial charge in [-0.05, 0) is 62.3 Å². The van der Waals surface area contributed by atoms with Gasteiger partial charge in [0.25, 0.3) is 0 Å². The lowest BCUT2D eigenvalue weighted by molar-refractivity contribution is 0.584. The van der Waals surface area contributed by atoms with E-state index in [1.54, 1.807) is 6.33 Å². The normalized spacial score (nSPS) is 16.2. The first-order valence-electron chi connectivity index (χ1n) is 11.4. The summed E-state index contributed by atoms with van der Waals surface area (Å²) >= 11 is 5.78. The molecular formula is C25H34ClN5. The number of piperazine rings is 1. The monoisotopic (exact) mass is 439 g/mol. The van der Waals surface area contributed by atoms with Crippen LogP contribution in [0.2, 0.25) is 5.02 Å². The summed E-state index contributed by atoms with van der Waals surface area (Å²) < 4.78 is 0. The summed E-state index contributed by atoms with van der Waals surface area (Å²) in [6.07, 6.45) is 10.7. The van der Waals surface area contributed by atoms with E-state index in [2.05, 4.69) is 39.3 Å². The summed E-state index contributed by atoms with van der Waals surface area (Å²) in [5, 5.41) is 12.8. The lowest BCUT2D eigenvalue weighted by atomic mass is 9.92. The zero-order valence-corrected chi connectivity index (χ0v) is 19.5. The summed E-state index contributed by atoms with van der Waals surface area (Å²) in [6, 6.07) is 8.02. The Hall–Kier alpha value is -2.24. The van der Waals surface area contributed by atoms with Gasteiger partial charge in [-0.3, -0.25) is 5.41 Å². The molecule has 6 heteroatoms. The van der Waals surface area contributed by atoms with Gasteiger partial charge in [0.1, 0.15) is 12.1 Å². The summed E-state index contributed by atoms with van der Waals surface area (Å²) in [4.78, 5) is 11.1. The topological polar surface area (TPSA) is 64.9 Å². The van der Waals surface area contributed by atoms with Crippen molar-refractivity contribution >= 4 is 23.1 Å². The van der Waals surface area contributed by atoms with Crippen LogP contribution >= 0.6 is 11.6 Å². The molecule has 166 valence electrons. The molecule has 5 nitrogen and oxygen atoms in total. The minimum Gasteiger partial charge on any atom is -0.353 e. The van der Waals surface area contributed by atoms with Gasteiger partial charge in [0, 0.05) is 31.2 Å². The van der Waals surface area contributed by atoms with E-state index in [0.29, 0.717) is 5.71 Å². The third-order valence-corrected chi connectivity index (χ3v) is 5.96. The number of aryl methyl sites for hydroxylation is 2. The lowest BCUT2D eigenvalue weighted by Crippen LogP contribution is -2.44. The minimum atomic E-state index is 0.626. The Morgan fingerprint density at radius 2 is 2.00 bits per heavy atom. The molecule has 1 aliphatic carbocycles. The van der Waals surface area contributed by atoms with Crippen LogP contribution in [0.3, 0.4) is 0 Å². The van der Waals surface area contributed by atoms with Crippen molar-refractivity contribution < 1.29 is 0 Å². The molecule has 0 atom stereocenters. The number of nitrogens with one attached hydrogen (secondary N) is 2. The first kappa shape index (κ1) is 23.4. The Labute approximate surface area is 191 Å². The van der Waals surface area contributed by atoms with Crippen molar-refractivity contribution in [1.82, 2.24) is 15.3 Å².